The van der Waals surface area contributed by atoms with Crippen LogP contribution in [-0.4, -0.2) is 40.2 Å². The fraction of sp³-hybridized carbons (Fsp3) is 0.450. The monoisotopic (exact) mass is 414 g/mol. The summed E-state index contributed by atoms with van der Waals surface area (Å²) in [6.07, 6.45) is 4.27. The van der Waals surface area contributed by atoms with Crippen LogP contribution in [0, 0.1) is 0 Å². The van der Waals surface area contributed by atoms with Gasteiger partial charge in [-0.2, -0.15) is 9.40 Å². The summed E-state index contributed by atoms with van der Waals surface area (Å²) in [6, 6.07) is 8.62. The maximum Gasteiger partial charge on any atom is 0.267 e. The van der Waals surface area contributed by atoms with E-state index in [-0.39, 0.29) is 23.9 Å². The molecule has 29 heavy (non-hydrogen) atoms. The molecule has 0 N–H and O–H groups in total. The molecule has 2 aromatic heterocycles. The highest BCUT2D eigenvalue weighted by atomic mass is 32.2. The Labute approximate surface area is 168 Å². The van der Waals surface area contributed by atoms with E-state index in [9.17, 15) is 13.2 Å². The Morgan fingerprint density at radius 2 is 2.03 bits per heavy atom. The smallest absolute Gasteiger partial charge is 0.267 e. The first-order valence-corrected chi connectivity index (χ1v) is 11.5. The average Bonchev–Trinajstić information content (AvgIpc) is 3.42. The lowest BCUT2D eigenvalue weighted by atomic mass is 10.2. The van der Waals surface area contributed by atoms with Gasteiger partial charge in [-0.25, -0.2) is 13.1 Å². The molecular weight excluding hydrogens is 392 g/mol. The molecule has 2 aliphatic rings. The molecular formula is C20H22N4O4S. The zero-order valence-electron chi connectivity index (χ0n) is 16.0. The fourth-order valence-electron chi connectivity index (χ4n) is 4.43. The van der Waals surface area contributed by atoms with Crippen molar-refractivity contribution in [2.75, 3.05) is 6.54 Å². The largest absolute Gasteiger partial charge is 0.356 e. The minimum absolute atomic E-state index is 0.155. The number of hydrogen-bond acceptors (Lipinski definition) is 6. The summed E-state index contributed by atoms with van der Waals surface area (Å²) >= 11 is 0. The summed E-state index contributed by atoms with van der Waals surface area (Å²) in [7, 11) is -3.60. The lowest BCUT2D eigenvalue weighted by Crippen LogP contribution is -2.41. The zero-order chi connectivity index (χ0) is 20.0. The van der Waals surface area contributed by atoms with E-state index in [4.69, 9.17) is 4.52 Å². The van der Waals surface area contributed by atoms with Gasteiger partial charge in [-0.15, -0.1) is 0 Å². The Bertz CT molecular complexity index is 1230. The van der Waals surface area contributed by atoms with Gasteiger partial charge in [0.25, 0.3) is 5.56 Å². The molecule has 0 saturated carbocycles. The molecule has 8 nitrogen and oxygen atoms in total. The topological polar surface area (TPSA) is 98.3 Å². The van der Waals surface area contributed by atoms with Crippen molar-refractivity contribution in [3.8, 4) is 0 Å². The van der Waals surface area contributed by atoms with E-state index in [2.05, 4.69) is 10.3 Å². The van der Waals surface area contributed by atoms with Crippen molar-refractivity contribution in [3.63, 3.8) is 0 Å². The van der Waals surface area contributed by atoms with Crippen LogP contribution in [0.25, 0.3) is 11.0 Å². The second-order valence-corrected chi connectivity index (χ2v) is 9.70. The summed E-state index contributed by atoms with van der Waals surface area (Å²) in [5.74, 6) is -0.215. The molecule has 1 atom stereocenters. The van der Waals surface area contributed by atoms with Gasteiger partial charge < -0.3 is 4.52 Å². The van der Waals surface area contributed by atoms with Crippen LogP contribution >= 0.6 is 0 Å². The number of fused-ring (bicyclic) bond motifs is 2. The minimum atomic E-state index is -3.60. The van der Waals surface area contributed by atoms with Crippen molar-refractivity contribution in [2.45, 2.75) is 50.4 Å². The van der Waals surface area contributed by atoms with Crippen LogP contribution in [0.2, 0.25) is 0 Å². The van der Waals surface area contributed by atoms with E-state index >= 15 is 0 Å². The molecule has 0 radical (unpaired) electrons. The molecule has 1 aromatic carbocycles. The highest BCUT2D eigenvalue weighted by Gasteiger charge is 2.36. The first-order chi connectivity index (χ1) is 14.0. The second-order valence-electron chi connectivity index (χ2n) is 7.78. The Hall–Kier alpha value is -2.52. The predicted molar refractivity (Wildman–Crippen MR) is 107 cm³/mol. The zero-order valence-corrected chi connectivity index (χ0v) is 16.8. The van der Waals surface area contributed by atoms with Gasteiger partial charge in [-0.05, 0) is 49.8 Å². The Morgan fingerprint density at radius 1 is 1.17 bits per heavy atom. The number of hydrogen-bond donors (Lipinski definition) is 0. The normalized spacial score (nSPS) is 19.8. The molecule has 3 aromatic rings. The van der Waals surface area contributed by atoms with Gasteiger partial charge in [0.2, 0.25) is 10.0 Å². The molecule has 1 unspecified atom stereocenters. The third-order valence-corrected chi connectivity index (χ3v) is 7.69. The lowest BCUT2D eigenvalue weighted by molar-refractivity contribution is 0.333. The lowest BCUT2D eigenvalue weighted by Gasteiger charge is -2.24. The Morgan fingerprint density at radius 3 is 2.93 bits per heavy atom. The molecule has 1 fully saturated rings. The van der Waals surface area contributed by atoms with E-state index < -0.39 is 10.0 Å². The number of aryl methyl sites for hydroxylation is 2. The second kappa shape index (κ2) is 7.07. The molecule has 9 heteroatoms. The Balaban J connectivity index is 1.39. The SMILES string of the molecule is O=c1cc2c(nn1CC1CCCN1S(=O)(=O)Cc1noc3ccccc13)CCC2. The highest BCUT2D eigenvalue weighted by molar-refractivity contribution is 7.88. The molecule has 1 saturated heterocycles. The maximum absolute atomic E-state index is 13.2. The average molecular weight is 414 g/mol. The van der Waals surface area contributed by atoms with Crippen molar-refractivity contribution < 1.29 is 12.9 Å². The molecule has 0 spiro atoms. The van der Waals surface area contributed by atoms with Crippen LogP contribution in [0.3, 0.4) is 0 Å². The molecule has 3 heterocycles. The first kappa shape index (κ1) is 18.5. The number of para-hydroxylation sites is 1. The summed E-state index contributed by atoms with van der Waals surface area (Å²) in [5.41, 5.74) is 2.83. The van der Waals surface area contributed by atoms with E-state index in [1.54, 1.807) is 12.1 Å². The number of nitrogens with zero attached hydrogens (tertiary/aromatic N) is 4. The number of benzene rings is 1. The van der Waals surface area contributed by atoms with Gasteiger partial charge >= 0.3 is 0 Å². The minimum Gasteiger partial charge on any atom is -0.356 e. The van der Waals surface area contributed by atoms with Crippen molar-refractivity contribution in [3.05, 3.63) is 57.6 Å². The van der Waals surface area contributed by atoms with Crippen LogP contribution in [0.5, 0.6) is 0 Å². The number of rotatable bonds is 5. The van der Waals surface area contributed by atoms with Crippen LogP contribution in [0.1, 0.15) is 36.2 Å². The molecule has 1 aliphatic heterocycles. The van der Waals surface area contributed by atoms with Crippen molar-refractivity contribution in [1.29, 1.82) is 0 Å². The fourth-order valence-corrected chi connectivity index (χ4v) is 6.18. The highest BCUT2D eigenvalue weighted by Crippen LogP contribution is 2.27. The van der Waals surface area contributed by atoms with Gasteiger partial charge in [-0.1, -0.05) is 17.3 Å². The van der Waals surface area contributed by atoms with Gasteiger partial charge in [0.05, 0.1) is 12.2 Å². The molecule has 152 valence electrons. The van der Waals surface area contributed by atoms with Gasteiger partial charge in [0, 0.05) is 24.0 Å². The van der Waals surface area contributed by atoms with E-state index in [1.165, 1.54) is 8.99 Å². The third kappa shape index (κ3) is 3.38. The first-order valence-electron chi connectivity index (χ1n) is 9.94. The van der Waals surface area contributed by atoms with E-state index in [1.807, 2.05) is 18.2 Å². The van der Waals surface area contributed by atoms with Gasteiger partial charge in [0.15, 0.2) is 5.58 Å². The van der Waals surface area contributed by atoms with Crippen LogP contribution in [0.4, 0.5) is 0 Å². The van der Waals surface area contributed by atoms with E-state index in [0.717, 1.165) is 36.9 Å². The van der Waals surface area contributed by atoms with Crippen molar-refractivity contribution >= 4 is 21.0 Å². The summed E-state index contributed by atoms with van der Waals surface area (Å²) < 4.78 is 34.5. The van der Waals surface area contributed by atoms with E-state index in [0.29, 0.717) is 29.6 Å². The third-order valence-electron chi connectivity index (χ3n) is 5.86. The van der Waals surface area contributed by atoms with Crippen LogP contribution in [-0.2, 0) is 35.2 Å². The van der Waals surface area contributed by atoms with Crippen LogP contribution < -0.4 is 5.56 Å². The van der Waals surface area contributed by atoms with Gasteiger partial charge in [0.1, 0.15) is 11.4 Å². The van der Waals surface area contributed by atoms with Crippen molar-refractivity contribution in [1.82, 2.24) is 19.2 Å². The summed E-state index contributed by atoms with van der Waals surface area (Å²) in [4.78, 5) is 12.4. The quantitative estimate of drug-likeness (QED) is 0.632. The molecule has 0 bridgehead atoms. The number of sulfonamides is 1. The molecule has 0 amide bonds. The maximum atomic E-state index is 13.2. The standard InChI is InChI=1S/C20H22N4O4S/c25-20-11-14-5-3-8-17(14)21-23(20)12-15-6-4-10-24(15)29(26,27)13-18-16-7-1-2-9-19(16)28-22-18/h1-2,7,9,11,15H,3-6,8,10,12-13H2. The summed E-state index contributed by atoms with van der Waals surface area (Å²) in [5, 5.41) is 9.18. The Kier molecular flexibility index (Phi) is 4.51. The predicted octanol–water partition coefficient (Wildman–Crippen LogP) is 1.87. The van der Waals surface area contributed by atoms with Crippen LogP contribution in [0.15, 0.2) is 39.6 Å². The molecule has 1 aliphatic carbocycles. The summed E-state index contributed by atoms with van der Waals surface area (Å²) in [6.45, 7) is 0.730. The van der Waals surface area contributed by atoms with Gasteiger partial charge in [-0.3, -0.25) is 4.79 Å². The number of aromatic nitrogens is 3. The molecule has 5 rings (SSSR count). The van der Waals surface area contributed by atoms with Crippen molar-refractivity contribution in [2.24, 2.45) is 0 Å².